The minimum absolute atomic E-state index is 1.14. The molecule has 0 aliphatic heterocycles. The molecular formula is C48H31N3. The molecule has 11 aromatic rings. The Balaban J connectivity index is 1.26. The molecule has 11 rings (SSSR count). The number of rotatable bonds is 4. The largest absolute Gasteiger partial charge is 0.309 e. The van der Waals surface area contributed by atoms with E-state index in [1.54, 1.807) is 0 Å². The van der Waals surface area contributed by atoms with Crippen molar-refractivity contribution >= 4 is 65.4 Å². The van der Waals surface area contributed by atoms with Gasteiger partial charge in [0, 0.05) is 38.0 Å². The molecule has 0 saturated heterocycles. The van der Waals surface area contributed by atoms with E-state index in [2.05, 4.69) is 202 Å². The van der Waals surface area contributed by atoms with Crippen LogP contribution in [-0.4, -0.2) is 13.7 Å². The predicted molar refractivity (Wildman–Crippen MR) is 215 cm³/mol. The number of fused-ring (bicyclic) bond motifs is 9. The van der Waals surface area contributed by atoms with E-state index in [-0.39, 0.29) is 0 Å². The lowest BCUT2D eigenvalue weighted by Crippen LogP contribution is -2.01. The standard InChI is InChI=1S/C48H31N3/c1-2-15-32(16-3-1)33-17-12-18-34(31-33)49-40-24-8-6-21-37(40)38-23-13-30-46(48(38)49)51-43-27-11-7-22-39(43)47-44(28-14-29-45(47)51)50-41-25-9-4-19-35(41)36-20-5-10-26-42(36)50/h1-31H. The van der Waals surface area contributed by atoms with Crippen LogP contribution >= 0.6 is 0 Å². The molecule has 0 fully saturated rings. The molecule has 8 aromatic carbocycles. The zero-order chi connectivity index (χ0) is 33.5. The summed E-state index contributed by atoms with van der Waals surface area (Å²) >= 11 is 0. The van der Waals surface area contributed by atoms with Gasteiger partial charge in [-0.2, -0.15) is 0 Å². The molecule has 3 heteroatoms. The highest BCUT2D eigenvalue weighted by molar-refractivity contribution is 6.18. The quantitative estimate of drug-likeness (QED) is 0.180. The van der Waals surface area contributed by atoms with Gasteiger partial charge >= 0.3 is 0 Å². The summed E-state index contributed by atoms with van der Waals surface area (Å²) in [7, 11) is 0. The van der Waals surface area contributed by atoms with Crippen LogP contribution in [0.25, 0.3) is 93.6 Å². The van der Waals surface area contributed by atoms with Gasteiger partial charge in [0.05, 0.1) is 44.5 Å². The van der Waals surface area contributed by atoms with Crippen molar-refractivity contribution in [3.8, 4) is 28.2 Å². The van der Waals surface area contributed by atoms with Gasteiger partial charge in [0.25, 0.3) is 0 Å². The molecule has 0 N–H and O–H groups in total. The molecule has 0 unspecified atom stereocenters. The summed E-state index contributed by atoms with van der Waals surface area (Å²) in [6.07, 6.45) is 0. The fraction of sp³-hybridized carbons (Fsp3) is 0. The van der Waals surface area contributed by atoms with Gasteiger partial charge in [0.15, 0.2) is 0 Å². The van der Waals surface area contributed by atoms with Crippen LogP contribution in [0.3, 0.4) is 0 Å². The van der Waals surface area contributed by atoms with Gasteiger partial charge in [-0.25, -0.2) is 0 Å². The molecule has 0 atom stereocenters. The first-order valence-corrected chi connectivity index (χ1v) is 17.5. The van der Waals surface area contributed by atoms with Crippen molar-refractivity contribution in [3.63, 3.8) is 0 Å². The molecule has 0 bridgehead atoms. The molecule has 3 heterocycles. The Labute approximate surface area is 294 Å². The molecule has 0 amide bonds. The summed E-state index contributed by atoms with van der Waals surface area (Å²) in [6.45, 7) is 0. The molecule has 0 aliphatic carbocycles. The van der Waals surface area contributed by atoms with Crippen LogP contribution in [0.2, 0.25) is 0 Å². The van der Waals surface area contributed by atoms with E-state index in [1.165, 1.54) is 82.2 Å². The van der Waals surface area contributed by atoms with Crippen molar-refractivity contribution in [2.45, 2.75) is 0 Å². The maximum absolute atomic E-state index is 2.49. The Bertz CT molecular complexity index is 3080. The van der Waals surface area contributed by atoms with Crippen molar-refractivity contribution in [2.75, 3.05) is 0 Å². The molecule has 0 spiro atoms. The lowest BCUT2D eigenvalue weighted by molar-refractivity contribution is 1.13. The average molecular weight is 650 g/mol. The highest BCUT2D eigenvalue weighted by Crippen LogP contribution is 2.43. The van der Waals surface area contributed by atoms with E-state index in [4.69, 9.17) is 0 Å². The van der Waals surface area contributed by atoms with Crippen LogP contribution in [0.5, 0.6) is 0 Å². The Hall–Kier alpha value is -6.84. The summed E-state index contributed by atoms with van der Waals surface area (Å²) in [5.41, 5.74) is 13.0. The van der Waals surface area contributed by atoms with Crippen molar-refractivity contribution < 1.29 is 0 Å². The SMILES string of the molecule is c1ccc(-c2cccc(-n3c4ccccc4c4cccc(-n5c6ccccc6c6c(-n7c8ccccc8c8ccccc87)cccc65)c43)c2)cc1. The maximum Gasteiger partial charge on any atom is 0.0782 e. The van der Waals surface area contributed by atoms with Gasteiger partial charge in [-0.05, 0) is 65.7 Å². The fourth-order valence-corrected chi connectivity index (χ4v) is 8.53. The van der Waals surface area contributed by atoms with E-state index < -0.39 is 0 Å². The zero-order valence-electron chi connectivity index (χ0n) is 27.7. The molecule has 238 valence electrons. The van der Waals surface area contributed by atoms with Gasteiger partial charge in [-0.1, -0.05) is 133 Å². The summed E-state index contributed by atoms with van der Waals surface area (Å²) in [4.78, 5) is 0. The zero-order valence-corrected chi connectivity index (χ0v) is 27.7. The van der Waals surface area contributed by atoms with Crippen molar-refractivity contribution in [1.29, 1.82) is 0 Å². The highest BCUT2D eigenvalue weighted by Gasteiger charge is 2.22. The summed E-state index contributed by atoms with van der Waals surface area (Å²) in [5.74, 6) is 0. The van der Waals surface area contributed by atoms with E-state index >= 15 is 0 Å². The third kappa shape index (κ3) is 4.00. The third-order valence-corrected chi connectivity index (χ3v) is 10.6. The van der Waals surface area contributed by atoms with Gasteiger partial charge in [-0.15, -0.1) is 0 Å². The molecule has 3 aromatic heterocycles. The maximum atomic E-state index is 2.49. The number of hydrogen-bond donors (Lipinski definition) is 0. The first-order chi connectivity index (χ1) is 25.3. The van der Waals surface area contributed by atoms with Crippen molar-refractivity contribution in [3.05, 3.63) is 188 Å². The van der Waals surface area contributed by atoms with Crippen LogP contribution in [0.1, 0.15) is 0 Å². The second-order valence-corrected chi connectivity index (χ2v) is 13.3. The minimum Gasteiger partial charge on any atom is -0.309 e. The van der Waals surface area contributed by atoms with Gasteiger partial charge in [0.2, 0.25) is 0 Å². The molecule has 0 saturated carbocycles. The fourth-order valence-electron chi connectivity index (χ4n) is 8.53. The summed E-state index contributed by atoms with van der Waals surface area (Å²) in [6, 6.07) is 68.4. The average Bonchev–Trinajstić information content (AvgIpc) is 3.84. The van der Waals surface area contributed by atoms with E-state index in [0.29, 0.717) is 0 Å². The normalized spacial score (nSPS) is 11.9. The second-order valence-electron chi connectivity index (χ2n) is 13.3. The highest BCUT2D eigenvalue weighted by atomic mass is 15.1. The number of hydrogen-bond acceptors (Lipinski definition) is 0. The van der Waals surface area contributed by atoms with Crippen LogP contribution in [0, 0.1) is 0 Å². The lowest BCUT2D eigenvalue weighted by Gasteiger charge is -2.15. The Morgan fingerprint density at radius 1 is 0.275 bits per heavy atom. The van der Waals surface area contributed by atoms with Crippen LogP contribution in [0.4, 0.5) is 0 Å². The van der Waals surface area contributed by atoms with Crippen molar-refractivity contribution in [2.24, 2.45) is 0 Å². The van der Waals surface area contributed by atoms with E-state index in [1.807, 2.05) is 0 Å². The summed E-state index contributed by atoms with van der Waals surface area (Å²) < 4.78 is 7.40. The smallest absolute Gasteiger partial charge is 0.0782 e. The van der Waals surface area contributed by atoms with Gasteiger partial charge in [-0.3, -0.25) is 0 Å². The molecular weight excluding hydrogens is 619 g/mol. The topological polar surface area (TPSA) is 14.8 Å². The monoisotopic (exact) mass is 649 g/mol. The van der Waals surface area contributed by atoms with Crippen LogP contribution < -0.4 is 0 Å². The third-order valence-electron chi connectivity index (χ3n) is 10.6. The second kappa shape index (κ2) is 10.8. The minimum atomic E-state index is 1.14. The lowest BCUT2D eigenvalue weighted by atomic mass is 10.1. The molecule has 0 aliphatic rings. The number of aromatic nitrogens is 3. The van der Waals surface area contributed by atoms with E-state index in [0.717, 1.165) is 11.4 Å². The van der Waals surface area contributed by atoms with Crippen LogP contribution in [-0.2, 0) is 0 Å². The Morgan fingerprint density at radius 3 is 1.43 bits per heavy atom. The summed E-state index contributed by atoms with van der Waals surface area (Å²) in [5, 5.41) is 7.48. The van der Waals surface area contributed by atoms with Crippen molar-refractivity contribution in [1.82, 2.24) is 13.7 Å². The van der Waals surface area contributed by atoms with E-state index in [9.17, 15) is 0 Å². The van der Waals surface area contributed by atoms with Crippen LogP contribution in [0.15, 0.2) is 188 Å². The predicted octanol–water partition coefficient (Wildman–Crippen LogP) is 12.6. The molecule has 3 nitrogen and oxygen atoms in total. The first-order valence-electron chi connectivity index (χ1n) is 17.5. The molecule has 51 heavy (non-hydrogen) atoms. The van der Waals surface area contributed by atoms with Gasteiger partial charge < -0.3 is 13.7 Å². The molecule has 0 radical (unpaired) electrons. The number of benzene rings is 8. The van der Waals surface area contributed by atoms with Gasteiger partial charge in [0.1, 0.15) is 0 Å². The Morgan fingerprint density at radius 2 is 0.725 bits per heavy atom. The number of nitrogens with zero attached hydrogens (tertiary/aromatic N) is 3. The Kier molecular flexibility index (Phi) is 5.96. The number of para-hydroxylation sites is 5. The first kappa shape index (κ1) is 28.0.